The Kier molecular flexibility index (Phi) is 9.81. The van der Waals surface area contributed by atoms with Crippen LogP contribution >= 0.6 is 24.8 Å². The Balaban J connectivity index is 0.00000200. The average Bonchev–Trinajstić information content (AvgIpc) is 3.22. The third kappa shape index (κ3) is 7.66. The first-order valence-electron chi connectivity index (χ1n) is 7.38. The minimum atomic E-state index is -0.00404. The Morgan fingerprint density at radius 1 is 1.24 bits per heavy atom. The number of ether oxygens (including phenoxy) is 1. The molecule has 21 heavy (non-hydrogen) atoms. The summed E-state index contributed by atoms with van der Waals surface area (Å²) in [7, 11) is 0. The first kappa shape index (κ1) is 20.9. The van der Waals surface area contributed by atoms with E-state index in [2.05, 4.69) is 29.4 Å². The minimum absolute atomic E-state index is 0. The number of carbonyl (C=O) groups is 1. The Labute approximate surface area is 140 Å². The normalized spacial score (nSPS) is 19.3. The third-order valence-corrected chi connectivity index (χ3v) is 4.00. The van der Waals surface area contributed by atoms with E-state index < -0.39 is 0 Å². The van der Waals surface area contributed by atoms with Gasteiger partial charge in [-0.3, -0.25) is 9.69 Å². The second-order valence-corrected chi connectivity index (χ2v) is 6.26. The van der Waals surface area contributed by atoms with Crippen LogP contribution < -0.4 is 10.6 Å². The lowest BCUT2D eigenvalue weighted by molar-refractivity contribution is -0.121. The van der Waals surface area contributed by atoms with Gasteiger partial charge in [0.1, 0.15) is 0 Å². The molecule has 1 saturated carbocycles. The Morgan fingerprint density at radius 3 is 2.43 bits per heavy atom. The van der Waals surface area contributed by atoms with Crippen LogP contribution in [0.3, 0.4) is 0 Å². The summed E-state index contributed by atoms with van der Waals surface area (Å²) >= 11 is 0. The van der Waals surface area contributed by atoms with Crippen LogP contribution in [0.25, 0.3) is 0 Å². The Hall–Kier alpha value is -0.0700. The van der Waals surface area contributed by atoms with Gasteiger partial charge in [-0.05, 0) is 39.2 Å². The smallest absolute Gasteiger partial charge is 0.234 e. The van der Waals surface area contributed by atoms with Crippen LogP contribution in [0.5, 0.6) is 0 Å². The molecular weight excluding hydrogens is 313 g/mol. The van der Waals surface area contributed by atoms with Crippen molar-refractivity contribution in [3.63, 3.8) is 0 Å². The molecule has 1 saturated heterocycles. The van der Waals surface area contributed by atoms with E-state index in [-0.39, 0.29) is 36.3 Å². The highest BCUT2D eigenvalue weighted by molar-refractivity contribution is 5.85. The van der Waals surface area contributed by atoms with Crippen LogP contribution in [0.2, 0.25) is 0 Å². The number of amides is 1. The quantitative estimate of drug-likeness (QED) is 0.726. The van der Waals surface area contributed by atoms with Crippen molar-refractivity contribution in [1.82, 2.24) is 15.5 Å². The summed E-state index contributed by atoms with van der Waals surface area (Å²) < 4.78 is 5.36. The van der Waals surface area contributed by atoms with Crippen LogP contribution in [-0.2, 0) is 9.53 Å². The van der Waals surface area contributed by atoms with Crippen LogP contribution in [-0.4, -0.2) is 62.3 Å². The summed E-state index contributed by atoms with van der Waals surface area (Å²) in [6.45, 7) is 9.95. The van der Waals surface area contributed by atoms with Gasteiger partial charge in [0.15, 0.2) is 0 Å². The summed E-state index contributed by atoms with van der Waals surface area (Å²) in [5, 5.41) is 6.25. The van der Waals surface area contributed by atoms with Crippen molar-refractivity contribution in [2.45, 2.75) is 32.2 Å². The van der Waals surface area contributed by atoms with Crippen molar-refractivity contribution in [2.24, 2.45) is 5.92 Å². The van der Waals surface area contributed by atoms with E-state index >= 15 is 0 Å². The lowest BCUT2D eigenvalue weighted by atomic mass is 10.0. The zero-order valence-corrected chi connectivity index (χ0v) is 14.7. The van der Waals surface area contributed by atoms with Crippen LogP contribution in [0.4, 0.5) is 0 Å². The molecule has 2 fully saturated rings. The average molecular weight is 342 g/mol. The lowest BCUT2D eigenvalue weighted by Gasteiger charge is -2.40. The lowest BCUT2D eigenvalue weighted by Crippen LogP contribution is -2.56. The van der Waals surface area contributed by atoms with E-state index in [9.17, 15) is 4.79 Å². The van der Waals surface area contributed by atoms with Gasteiger partial charge in [-0.15, -0.1) is 24.8 Å². The summed E-state index contributed by atoms with van der Waals surface area (Å²) in [5.74, 6) is 0.916. The number of nitrogens with one attached hydrogen (secondary N) is 2. The maximum absolute atomic E-state index is 11.8. The van der Waals surface area contributed by atoms with E-state index in [1.165, 1.54) is 12.8 Å². The highest BCUT2D eigenvalue weighted by Crippen LogP contribution is 2.27. The number of nitrogens with zero attached hydrogens (tertiary/aromatic N) is 1. The number of rotatable bonds is 7. The second-order valence-electron chi connectivity index (χ2n) is 6.26. The van der Waals surface area contributed by atoms with Crippen molar-refractivity contribution in [1.29, 1.82) is 0 Å². The first-order valence-corrected chi connectivity index (χ1v) is 7.38. The molecule has 0 aromatic rings. The summed E-state index contributed by atoms with van der Waals surface area (Å²) in [6, 6.07) is 0. The highest BCUT2D eigenvalue weighted by Gasteiger charge is 2.28. The van der Waals surface area contributed by atoms with E-state index in [4.69, 9.17) is 4.74 Å². The molecule has 1 aliphatic heterocycles. The monoisotopic (exact) mass is 341 g/mol. The van der Waals surface area contributed by atoms with Gasteiger partial charge >= 0.3 is 0 Å². The Bertz CT molecular complexity index is 307. The molecule has 0 radical (unpaired) electrons. The molecule has 0 aromatic carbocycles. The number of morpholine rings is 1. The molecule has 0 bridgehead atoms. The summed E-state index contributed by atoms with van der Waals surface area (Å²) in [6.07, 6.45) is 2.64. The molecular formula is C14H29Cl2N3O2. The third-order valence-electron chi connectivity index (χ3n) is 4.00. The molecule has 1 amide bonds. The van der Waals surface area contributed by atoms with Gasteiger partial charge in [-0.25, -0.2) is 0 Å². The summed E-state index contributed by atoms with van der Waals surface area (Å²) in [4.78, 5) is 14.1. The van der Waals surface area contributed by atoms with Crippen molar-refractivity contribution < 1.29 is 9.53 Å². The predicted molar refractivity (Wildman–Crippen MR) is 89.6 cm³/mol. The van der Waals surface area contributed by atoms with Crippen molar-refractivity contribution in [2.75, 3.05) is 45.9 Å². The molecule has 1 heterocycles. The van der Waals surface area contributed by atoms with Gasteiger partial charge in [-0.1, -0.05) is 0 Å². The van der Waals surface area contributed by atoms with Gasteiger partial charge in [0.05, 0.1) is 19.8 Å². The molecule has 0 atom stereocenters. The van der Waals surface area contributed by atoms with Gasteiger partial charge < -0.3 is 15.4 Å². The van der Waals surface area contributed by atoms with E-state index in [1.54, 1.807) is 0 Å². The fourth-order valence-corrected chi connectivity index (χ4v) is 2.37. The number of hydrogen-bond donors (Lipinski definition) is 2. The molecule has 5 nitrogen and oxygen atoms in total. The van der Waals surface area contributed by atoms with Crippen LogP contribution in [0.1, 0.15) is 26.7 Å². The van der Waals surface area contributed by atoms with Crippen molar-refractivity contribution >= 4 is 30.7 Å². The zero-order valence-electron chi connectivity index (χ0n) is 13.0. The molecule has 0 unspecified atom stereocenters. The fourth-order valence-electron chi connectivity index (χ4n) is 2.37. The zero-order chi connectivity index (χ0) is 13.7. The van der Waals surface area contributed by atoms with E-state index in [1.807, 2.05) is 0 Å². The standard InChI is InChI=1S/C14H27N3O2.2ClH/c1-14(2,17-5-7-19-8-6-17)11-16-13(18)10-15-9-12-3-4-12;;/h12,15H,3-11H2,1-2H3,(H,16,18);2*1H. The maximum Gasteiger partial charge on any atom is 0.234 e. The first-order chi connectivity index (χ1) is 9.08. The van der Waals surface area contributed by atoms with Gasteiger partial charge in [0, 0.05) is 25.2 Å². The van der Waals surface area contributed by atoms with E-state index in [0.29, 0.717) is 13.1 Å². The number of carbonyl (C=O) groups excluding carboxylic acids is 1. The van der Waals surface area contributed by atoms with Crippen molar-refractivity contribution in [3.8, 4) is 0 Å². The SMILES string of the molecule is CC(C)(CNC(=O)CNCC1CC1)N1CCOCC1.Cl.Cl. The predicted octanol–water partition coefficient (Wildman–Crippen LogP) is 1.06. The van der Waals surface area contributed by atoms with Gasteiger partial charge in [0.25, 0.3) is 0 Å². The van der Waals surface area contributed by atoms with Crippen molar-refractivity contribution in [3.05, 3.63) is 0 Å². The Morgan fingerprint density at radius 2 is 1.86 bits per heavy atom. The molecule has 0 aromatic heterocycles. The molecule has 2 rings (SSSR count). The summed E-state index contributed by atoms with van der Waals surface area (Å²) in [5.41, 5.74) is -0.00404. The van der Waals surface area contributed by atoms with E-state index in [0.717, 1.165) is 38.8 Å². The van der Waals surface area contributed by atoms with Crippen LogP contribution in [0, 0.1) is 5.92 Å². The molecule has 2 aliphatic rings. The number of hydrogen-bond acceptors (Lipinski definition) is 4. The van der Waals surface area contributed by atoms with Gasteiger partial charge in [-0.2, -0.15) is 0 Å². The fraction of sp³-hybridized carbons (Fsp3) is 0.929. The molecule has 0 spiro atoms. The molecule has 2 N–H and O–H groups in total. The van der Waals surface area contributed by atoms with Crippen LogP contribution in [0.15, 0.2) is 0 Å². The number of halogens is 2. The largest absolute Gasteiger partial charge is 0.379 e. The topological polar surface area (TPSA) is 53.6 Å². The highest BCUT2D eigenvalue weighted by atomic mass is 35.5. The molecule has 7 heteroatoms. The molecule has 126 valence electrons. The molecule has 1 aliphatic carbocycles. The second kappa shape index (κ2) is 9.85. The minimum Gasteiger partial charge on any atom is -0.379 e. The van der Waals surface area contributed by atoms with Gasteiger partial charge in [0.2, 0.25) is 5.91 Å². The maximum atomic E-state index is 11.8.